The Kier molecular flexibility index (Phi) is 4.30. The van der Waals surface area contributed by atoms with Crippen LogP contribution in [0.25, 0.3) is 0 Å². The molecule has 0 aliphatic heterocycles. The van der Waals surface area contributed by atoms with Crippen LogP contribution in [-0.4, -0.2) is 24.4 Å². The van der Waals surface area contributed by atoms with Crippen LogP contribution >= 0.6 is 11.6 Å². The lowest BCUT2D eigenvalue weighted by Crippen LogP contribution is -2.16. The van der Waals surface area contributed by atoms with Gasteiger partial charge in [-0.15, -0.1) is 0 Å². The van der Waals surface area contributed by atoms with Crippen LogP contribution in [0.5, 0.6) is 0 Å². The number of benzene rings is 1. The van der Waals surface area contributed by atoms with Crippen molar-refractivity contribution in [1.82, 2.24) is 0 Å². The second-order valence-electron chi connectivity index (χ2n) is 5.88. The van der Waals surface area contributed by atoms with Crippen molar-refractivity contribution < 1.29 is 14.4 Å². The first-order valence-electron chi connectivity index (χ1n) is 7.59. The Balaban J connectivity index is 1.93. The minimum absolute atomic E-state index is 0.0320. The molecular weight excluding hydrogens is 302 g/mol. The first-order valence-corrected chi connectivity index (χ1v) is 7.97. The Hall–Kier alpha value is -1.68. The molecule has 116 valence electrons. The molecule has 0 radical (unpaired) electrons. The minimum Gasteiger partial charge on any atom is -0.399 e. The van der Waals surface area contributed by atoms with Gasteiger partial charge in [-0.3, -0.25) is 9.59 Å². The lowest BCUT2D eigenvalue weighted by Gasteiger charge is -2.20. The van der Waals surface area contributed by atoms with Crippen molar-refractivity contribution in [2.45, 2.75) is 38.5 Å². The molecule has 0 spiro atoms. The molecule has 2 aliphatic carbocycles. The fourth-order valence-corrected chi connectivity index (χ4v) is 3.33. The van der Waals surface area contributed by atoms with Crippen molar-refractivity contribution in [2.75, 3.05) is 7.11 Å². The van der Waals surface area contributed by atoms with Crippen molar-refractivity contribution in [1.29, 1.82) is 0 Å². The number of Topliss-reactive ketones (excluding diaryl/α,β-unsaturated/α-hetero) is 2. The van der Waals surface area contributed by atoms with E-state index in [1.54, 1.807) is 6.07 Å². The molecule has 0 unspecified atom stereocenters. The monoisotopic (exact) mass is 319 g/mol. The fourth-order valence-electron chi connectivity index (χ4n) is 2.93. The van der Waals surface area contributed by atoms with Crippen LogP contribution in [0.4, 0.5) is 0 Å². The van der Waals surface area contributed by atoms with Gasteiger partial charge in [0.05, 0.1) is 17.2 Å². The van der Waals surface area contributed by atoms with E-state index in [0.29, 0.717) is 10.6 Å². The number of hydrogen-bond donors (Lipinski definition) is 0. The molecule has 0 saturated heterocycles. The highest BCUT2D eigenvalue weighted by Gasteiger charge is 2.32. The van der Waals surface area contributed by atoms with Gasteiger partial charge in [0.25, 0.3) is 0 Å². The number of rotatable bonds is 5. The first-order chi connectivity index (χ1) is 10.6. The summed E-state index contributed by atoms with van der Waals surface area (Å²) in [6, 6.07) is 3.65. The number of carbonyl (C=O) groups excluding carboxylic acids is 2. The molecule has 1 saturated carbocycles. The first kappa shape index (κ1) is 15.2. The largest absolute Gasteiger partial charge is 0.399 e. The predicted molar refractivity (Wildman–Crippen MR) is 84.6 cm³/mol. The molecule has 0 heterocycles. The van der Waals surface area contributed by atoms with Crippen LogP contribution in [0.15, 0.2) is 17.3 Å². The van der Waals surface area contributed by atoms with E-state index in [2.05, 4.69) is 5.16 Å². The normalized spacial score (nSPS) is 18.9. The maximum Gasteiger partial charge on any atom is 0.171 e. The number of oxime groups is 1. The van der Waals surface area contributed by atoms with Gasteiger partial charge in [0, 0.05) is 17.0 Å². The van der Waals surface area contributed by atoms with Gasteiger partial charge in [-0.25, -0.2) is 0 Å². The molecule has 1 aromatic carbocycles. The lowest BCUT2D eigenvalue weighted by molar-refractivity contribution is -0.119. The van der Waals surface area contributed by atoms with Crippen LogP contribution in [0, 0.1) is 5.92 Å². The number of fused-ring (bicyclic) bond motifs is 1. The van der Waals surface area contributed by atoms with Gasteiger partial charge in [0.1, 0.15) is 12.9 Å². The molecule has 2 aliphatic rings. The summed E-state index contributed by atoms with van der Waals surface area (Å²) in [6.07, 6.45) is 4.44. The Morgan fingerprint density at radius 3 is 2.77 bits per heavy atom. The van der Waals surface area contributed by atoms with Crippen molar-refractivity contribution in [3.63, 3.8) is 0 Å². The number of carbonyl (C=O) groups is 2. The van der Waals surface area contributed by atoms with Gasteiger partial charge in [-0.2, -0.15) is 0 Å². The second kappa shape index (κ2) is 6.21. The number of halogens is 1. The number of hydrogen-bond acceptors (Lipinski definition) is 4. The molecule has 0 bridgehead atoms. The number of aryl methyl sites for hydroxylation is 1. The Morgan fingerprint density at radius 2 is 2.09 bits per heavy atom. The summed E-state index contributed by atoms with van der Waals surface area (Å²) in [5.41, 5.74) is 3.08. The van der Waals surface area contributed by atoms with Gasteiger partial charge in [0.2, 0.25) is 0 Å². The summed E-state index contributed by atoms with van der Waals surface area (Å²) in [5, 5.41) is 4.44. The summed E-state index contributed by atoms with van der Waals surface area (Å²) in [7, 11) is 1.50. The third-order valence-electron chi connectivity index (χ3n) is 4.25. The second-order valence-corrected chi connectivity index (χ2v) is 6.25. The molecule has 1 fully saturated rings. The van der Waals surface area contributed by atoms with E-state index in [-0.39, 0.29) is 23.9 Å². The summed E-state index contributed by atoms with van der Waals surface area (Å²) < 4.78 is 0. The zero-order valence-corrected chi connectivity index (χ0v) is 13.3. The van der Waals surface area contributed by atoms with Gasteiger partial charge in [0.15, 0.2) is 5.78 Å². The highest BCUT2D eigenvalue weighted by atomic mass is 35.5. The topological polar surface area (TPSA) is 55.7 Å². The van der Waals surface area contributed by atoms with Crippen molar-refractivity contribution in [3.05, 3.63) is 33.8 Å². The minimum atomic E-state index is -0.202. The molecule has 5 heteroatoms. The van der Waals surface area contributed by atoms with E-state index in [4.69, 9.17) is 16.4 Å². The Bertz CT molecular complexity index is 662. The molecule has 1 aromatic rings. The van der Waals surface area contributed by atoms with Gasteiger partial charge >= 0.3 is 0 Å². The molecule has 3 rings (SSSR count). The molecule has 4 nitrogen and oxygen atoms in total. The quantitative estimate of drug-likeness (QED) is 0.473. The standard InChI is InChI=1S/C17H18ClNO3/c1-22-19-13-4-2-3-11-7-8-12(17(18)16(11)13)15(21)9-14(20)10-5-6-10/h7-8,10H,2-6,9H2,1H3/b19-13-. The molecule has 22 heavy (non-hydrogen) atoms. The Morgan fingerprint density at radius 1 is 1.32 bits per heavy atom. The smallest absolute Gasteiger partial charge is 0.171 e. The maximum atomic E-state index is 12.4. The molecule has 0 amide bonds. The van der Waals surface area contributed by atoms with E-state index in [1.165, 1.54) is 7.11 Å². The van der Waals surface area contributed by atoms with Crippen molar-refractivity contribution >= 4 is 28.9 Å². The van der Waals surface area contributed by atoms with E-state index >= 15 is 0 Å². The summed E-state index contributed by atoms with van der Waals surface area (Å²) >= 11 is 6.46. The zero-order valence-electron chi connectivity index (χ0n) is 12.5. The molecule has 0 N–H and O–H groups in total. The van der Waals surface area contributed by atoms with Crippen LogP contribution < -0.4 is 0 Å². The van der Waals surface area contributed by atoms with E-state index in [0.717, 1.165) is 48.9 Å². The average molecular weight is 320 g/mol. The van der Waals surface area contributed by atoms with Crippen LogP contribution in [-0.2, 0) is 16.1 Å². The van der Waals surface area contributed by atoms with E-state index in [9.17, 15) is 9.59 Å². The highest BCUT2D eigenvalue weighted by Crippen LogP contribution is 2.34. The van der Waals surface area contributed by atoms with Crippen LogP contribution in [0.3, 0.4) is 0 Å². The van der Waals surface area contributed by atoms with Gasteiger partial charge in [-0.05, 0) is 43.7 Å². The number of ketones is 2. The van der Waals surface area contributed by atoms with Crippen LogP contribution in [0.1, 0.15) is 53.6 Å². The average Bonchev–Trinajstić information content (AvgIpc) is 3.32. The van der Waals surface area contributed by atoms with E-state index < -0.39 is 0 Å². The molecule has 0 atom stereocenters. The van der Waals surface area contributed by atoms with Crippen molar-refractivity contribution in [2.24, 2.45) is 11.1 Å². The summed E-state index contributed by atoms with van der Waals surface area (Å²) in [5.74, 6) is -0.0809. The van der Waals surface area contributed by atoms with Crippen molar-refractivity contribution in [3.8, 4) is 0 Å². The third-order valence-corrected chi connectivity index (χ3v) is 4.64. The van der Waals surface area contributed by atoms with Crippen LogP contribution in [0.2, 0.25) is 5.02 Å². The van der Waals surface area contributed by atoms with Gasteiger partial charge in [-0.1, -0.05) is 22.8 Å². The number of nitrogens with zero attached hydrogens (tertiary/aromatic N) is 1. The van der Waals surface area contributed by atoms with Gasteiger partial charge < -0.3 is 4.84 Å². The summed E-state index contributed by atoms with van der Waals surface area (Å²) in [6.45, 7) is 0. The highest BCUT2D eigenvalue weighted by molar-refractivity contribution is 6.38. The maximum absolute atomic E-state index is 12.4. The molecular formula is C17H18ClNO3. The third kappa shape index (κ3) is 2.93. The fraction of sp³-hybridized carbons (Fsp3) is 0.471. The SMILES string of the molecule is CO/N=C1/CCCc2ccc(C(=O)CC(=O)C3CC3)c(Cl)c21. The lowest BCUT2D eigenvalue weighted by atomic mass is 9.87. The molecule has 0 aromatic heterocycles. The Labute approximate surface area is 134 Å². The predicted octanol–water partition coefficient (Wildman–Crippen LogP) is 3.58. The summed E-state index contributed by atoms with van der Waals surface area (Å²) in [4.78, 5) is 29.1. The van der Waals surface area contributed by atoms with E-state index in [1.807, 2.05) is 6.07 Å². The zero-order chi connectivity index (χ0) is 15.7.